The molecule has 0 bridgehead atoms. The summed E-state index contributed by atoms with van der Waals surface area (Å²) in [5, 5.41) is 9.17. The Hall–Kier alpha value is -1.91. The molecule has 2 unspecified atom stereocenters. The summed E-state index contributed by atoms with van der Waals surface area (Å²) in [5.74, 6) is -2.45. The summed E-state index contributed by atoms with van der Waals surface area (Å²) < 4.78 is 13.2. The minimum atomic E-state index is -1.02. The summed E-state index contributed by atoms with van der Waals surface area (Å²) in [5.41, 5.74) is 0.537. The first-order valence-corrected chi connectivity index (χ1v) is 5.82. The van der Waals surface area contributed by atoms with Gasteiger partial charge in [0.2, 0.25) is 5.91 Å². The number of nitrogens with zero attached hydrogens (tertiary/aromatic N) is 1. The van der Waals surface area contributed by atoms with Crippen molar-refractivity contribution in [2.75, 3.05) is 6.54 Å². The summed E-state index contributed by atoms with van der Waals surface area (Å²) in [7, 11) is 0. The number of amides is 1. The molecule has 1 amide bonds. The van der Waals surface area contributed by atoms with Crippen LogP contribution in [-0.2, 0) is 9.59 Å². The van der Waals surface area contributed by atoms with E-state index < -0.39 is 23.7 Å². The molecule has 18 heavy (non-hydrogen) atoms. The van der Waals surface area contributed by atoms with Gasteiger partial charge in [-0.2, -0.15) is 0 Å². The van der Waals surface area contributed by atoms with Crippen LogP contribution in [0, 0.1) is 11.7 Å². The number of benzene rings is 1. The summed E-state index contributed by atoms with van der Waals surface area (Å²) in [6.45, 7) is 2.21. The molecule has 96 valence electrons. The molecule has 1 aliphatic rings. The number of carbonyl (C=O) groups is 2. The van der Waals surface area contributed by atoms with E-state index in [0.717, 1.165) is 0 Å². The zero-order chi connectivity index (χ0) is 13.3. The van der Waals surface area contributed by atoms with Crippen LogP contribution in [0.5, 0.6) is 0 Å². The molecule has 1 aromatic rings. The van der Waals surface area contributed by atoms with Crippen LogP contribution >= 0.6 is 0 Å². The van der Waals surface area contributed by atoms with E-state index in [4.69, 9.17) is 0 Å². The van der Waals surface area contributed by atoms with Crippen molar-refractivity contribution in [3.05, 3.63) is 35.6 Å². The molecule has 0 spiro atoms. The van der Waals surface area contributed by atoms with Crippen molar-refractivity contribution < 1.29 is 19.1 Å². The van der Waals surface area contributed by atoms with Crippen LogP contribution in [0.3, 0.4) is 0 Å². The van der Waals surface area contributed by atoms with Gasteiger partial charge in [-0.15, -0.1) is 0 Å². The van der Waals surface area contributed by atoms with E-state index in [2.05, 4.69) is 0 Å². The first-order chi connectivity index (χ1) is 8.54. The number of carbonyl (C=O) groups excluding carboxylic acids is 1. The third kappa shape index (κ3) is 2.08. The fourth-order valence-electron chi connectivity index (χ4n) is 2.49. The lowest BCUT2D eigenvalue weighted by molar-refractivity contribution is -0.142. The number of aliphatic carboxylic acids is 1. The van der Waals surface area contributed by atoms with E-state index in [1.165, 1.54) is 23.1 Å². The van der Waals surface area contributed by atoms with Crippen molar-refractivity contribution in [1.82, 2.24) is 4.90 Å². The van der Waals surface area contributed by atoms with Crippen molar-refractivity contribution in [3.8, 4) is 0 Å². The highest BCUT2D eigenvalue weighted by Crippen LogP contribution is 2.38. The molecule has 2 atom stereocenters. The average Bonchev–Trinajstić information content (AvgIpc) is 2.66. The molecule has 0 aromatic heterocycles. The Morgan fingerprint density at radius 1 is 1.56 bits per heavy atom. The third-order valence-corrected chi connectivity index (χ3v) is 3.28. The van der Waals surface area contributed by atoms with Crippen molar-refractivity contribution in [3.63, 3.8) is 0 Å². The smallest absolute Gasteiger partial charge is 0.309 e. The van der Waals surface area contributed by atoms with E-state index >= 15 is 0 Å². The lowest BCUT2D eigenvalue weighted by atomic mass is 9.93. The molecule has 1 heterocycles. The minimum absolute atomic E-state index is 0.0235. The molecule has 0 aliphatic carbocycles. The largest absolute Gasteiger partial charge is 0.481 e. The van der Waals surface area contributed by atoms with Gasteiger partial charge in [0.1, 0.15) is 5.82 Å². The second-order valence-electron chi connectivity index (χ2n) is 4.33. The highest BCUT2D eigenvalue weighted by Gasteiger charge is 2.43. The monoisotopic (exact) mass is 251 g/mol. The third-order valence-electron chi connectivity index (χ3n) is 3.28. The molecule has 5 heteroatoms. The lowest BCUT2D eigenvalue weighted by Gasteiger charge is -2.26. The Morgan fingerprint density at radius 2 is 2.28 bits per heavy atom. The Morgan fingerprint density at radius 3 is 2.83 bits per heavy atom. The standard InChI is InChI=1S/C13H14FNO3/c1-2-15-11(16)7-10(13(17)18)12(15)8-4-3-5-9(14)6-8/h3-6,10,12H,2,7H2,1H3,(H,17,18). The predicted octanol–water partition coefficient (Wildman–Crippen LogP) is 1.82. The number of rotatable bonds is 3. The Labute approximate surface area is 104 Å². The summed E-state index contributed by atoms with van der Waals surface area (Å²) in [6, 6.07) is 5.20. The number of halogens is 1. The van der Waals surface area contributed by atoms with Gasteiger partial charge in [-0.1, -0.05) is 12.1 Å². The van der Waals surface area contributed by atoms with Gasteiger partial charge in [-0.05, 0) is 24.6 Å². The van der Waals surface area contributed by atoms with Gasteiger partial charge in [0.15, 0.2) is 0 Å². The van der Waals surface area contributed by atoms with Crippen molar-refractivity contribution in [1.29, 1.82) is 0 Å². The number of hydrogen-bond donors (Lipinski definition) is 1. The molecule has 1 aliphatic heterocycles. The van der Waals surface area contributed by atoms with Gasteiger partial charge >= 0.3 is 5.97 Å². The maximum Gasteiger partial charge on any atom is 0.309 e. The summed E-state index contributed by atoms with van der Waals surface area (Å²) >= 11 is 0. The highest BCUT2D eigenvalue weighted by molar-refractivity contribution is 5.87. The first-order valence-electron chi connectivity index (χ1n) is 5.82. The molecule has 2 rings (SSSR count). The molecule has 1 aromatic carbocycles. The Balaban J connectivity index is 2.42. The molecule has 0 radical (unpaired) electrons. The molecular weight excluding hydrogens is 237 g/mol. The summed E-state index contributed by atoms with van der Waals surface area (Å²) in [6.07, 6.45) is -0.0235. The van der Waals surface area contributed by atoms with Gasteiger partial charge in [0.05, 0.1) is 12.0 Å². The minimum Gasteiger partial charge on any atom is -0.481 e. The van der Waals surface area contributed by atoms with Crippen LogP contribution in [0.4, 0.5) is 4.39 Å². The zero-order valence-electron chi connectivity index (χ0n) is 9.97. The Bertz CT molecular complexity index is 489. The maximum absolute atomic E-state index is 13.2. The van der Waals surface area contributed by atoms with Crippen LogP contribution in [0.25, 0.3) is 0 Å². The van der Waals surface area contributed by atoms with Crippen molar-refractivity contribution >= 4 is 11.9 Å². The van der Waals surface area contributed by atoms with E-state index in [0.29, 0.717) is 12.1 Å². The van der Waals surface area contributed by atoms with Crippen molar-refractivity contribution in [2.24, 2.45) is 5.92 Å². The number of likely N-dealkylation sites (tertiary alicyclic amines) is 1. The summed E-state index contributed by atoms with van der Waals surface area (Å²) in [4.78, 5) is 24.5. The fraction of sp³-hybridized carbons (Fsp3) is 0.385. The van der Waals surface area contributed by atoms with Gasteiger partial charge in [-0.3, -0.25) is 9.59 Å². The SMILES string of the molecule is CCN1C(=O)CC(C(=O)O)C1c1cccc(F)c1. The van der Waals surface area contributed by atoms with E-state index in [1.54, 1.807) is 13.0 Å². The molecule has 4 nitrogen and oxygen atoms in total. The number of carboxylic acids is 1. The second kappa shape index (κ2) is 4.76. The highest BCUT2D eigenvalue weighted by atomic mass is 19.1. The van der Waals surface area contributed by atoms with Gasteiger partial charge in [0, 0.05) is 13.0 Å². The topological polar surface area (TPSA) is 57.6 Å². The quantitative estimate of drug-likeness (QED) is 0.891. The Kier molecular flexibility index (Phi) is 3.32. The zero-order valence-corrected chi connectivity index (χ0v) is 9.97. The van der Waals surface area contributed by atoms with E-state index in [1.807, 2.05) is 0 Å². The molecule has 0 saturated carbocycles. The first kappa shape index (κ1) is 12.5. The van der Waals surface area contributed by atoms with E-state index in [9.17, 15) is 19.1 Å². The van der Waals surface area contributed by atoms with Crippen LogP contribution in [0.15, 0.2) is 24.3 Å². The van der Waals surface area contributed by atoms with Gasteiger partial charge in [0.25, 0.3) is 0 Å². The lowest BCUT2D eigenvalue weighted by Crippen LogP contribution is -2.30. The normalized spacial score (nSPS) is 23.4. The van der Waals surface area contributed by atoms with Gasteiger partial charge < -0.3 is 10.0 Å². The number of hydrogen-bond acceptors (Lipinski definition) is 2. The van der Waals surface area contributed by atoms with Crippen LogP contribution in [-0.4, -0.2) is 28.4 Å². The molecular formula is C13H14FNO3. The van der Waals surface area contributed by atoms with Crippen LogP contribution < -0.4 is 0 Å². The predicted molar refractivity (Wildman–Crippen MR) is 62.3 cm³/mol. The number of carboxylic acid groups (broad SMARTS) is 1. The molecule has 1 N–H and O–H groups in total. The average molecular weight is 251 g/mol. The molecule has 1 fully saturated rings. The fourth-order valence-corrected chi connectivity index (χ4v) is 2.49. The van der Waals surface area contributed by atoms with Crippen molar-refractivity contribution in [2.45, 2.75) is 19.4 Å². The second-order valence-corrected chi connectivity index (χ2v) is 4.33. The van der Waals surface area contributed by atoms with Crippen LogP contribution in [0.1, 0.15) is 24.9 Å². The maximum atomic E-state index is 13.2. The molecule has 1 saturated heterocycles. The van der Waals surface area contributed by atoms with Crippen LogP contribution in [0.2, 0.25) is 0 Å². The van der Waals surface area contributed by atoms with Gasteiger partial charge in [-0.25, -0.2) is 4.39 Å². The van der Waals surface area contributed by atoms with E-state index in [-0.39, 0.29) is 12.3 Å².